The van der Waals surface area contributed by atoms with Crippen LogP contribution in [0.1, 0.15) is 6.42 Å². The standard InChI is InChI=1S/C23H20N2O4S2/c1-29-19-8-10-20(11-9-19)31(27,28)13-12-22(26)25-23-24-21(15-30-23)18-7-6-16-4-2-3-5-17(16)14-18/h2-11,14-15H,12-13H2,1H3,(H,24,25,26). The summed E-state index contributed by atoms with van der Waals surface area (Å²) in [7, 11) is -2.05. The van der Waals surface area contributed by atoms with Crippen molar-refractivity contribution in [2.75, 3.05) is 18.2 Å². The molecule has 0 aliphatic carbocycles. The van der Waals surface area contributed by atoms with Crippen molar-refractivity contribution in [3.63, 3.8) is 0 Å². The number of hydrogen-bond acceptors (Lipinski definition) is 6. The van der Waals surface area contributed by atoms with E-state index in [4.69, 9.17) is 4.74 Å². The molecule has 1 aromatic heterocycles. The minimum absolute atomic E-state index is 0.154. The van der Waals surface area contributed by atoms with Gasteiger partial charge in [0.2, 0.25) is 5.91 Å². The van der Waals surface area contributed by atoms with Crippen LogP contribution in [0.5, 0.6) is 5.75 Å². The first-order chi connectivity index (χ1) is 14.9. The molecular weight excluding hydrogens is 432 g/mol. The van der Waals surface area contributed by atoms with E-state index < -0.39 is 15.7 Å². The molecule has 1 N–H and O–H groups in total. The monoisotopic (exact) mass is 452 g/mol. The lowest BCUT2D eigenvalue weighted by Crippen LogP contribution is -2.17. The van der Waals surface area contributed by atoms with Gasteiger partial charge in [0.05, 0.1) is 23.5 Å². The van der Waals surface area contributed by atoms with Crippen molar-refractivity contribution in [2.45, 2.75) is 11.3 Å². The van der Waals surface area contributed by atoms with Crippen molar-refractivity contribution in [1.29, 1.82) is 0 Å². The molecule has 4 rings (SSSR count). The zero-order valence-corrected chi connectivity index (χ0v) is 18.4. The first-order valence-corrected chi connectivity index (χ1v) is 12.1. The highest BCUT2D eigenvalue weighted by Gasteiger charge is 2.17. The lowest BCUT2D eigenvalue weighted by atomic mass is 10.1. The molecule has 0 unspecified atom stereocenters. The minimum atomic E-state index is -3.56. The Kier molecular flexibility index (Phi) is 6.01. The van der Waals surface area contributed by atoms with Gasteiger partial charge in [0, 0.05) is 17.4 Å². The van der Waals surface area contributed by atoms with E-state index >= 15 is 0 Å². The number of sulfone groups is 1. The van der Waals surface area contributed by atoms with E-state index in [1.54, 1.807) is 12.1 Å². The zero-order valence-electron chi connectivity index (χ0n) is 16.7. The van der Waals surface area contributed by atoms with Gasteiger partial charge in [0.25, 0.3) is 0 Å². The van der Waals surface area contributed by atoms with Crippen molar-refractivity contribution < 1.29 is 17.9 Å². The first kappa shape index (κ1) is 21.0. The minimum Gasteiger partial charge on any atom is -0.497 e. The lowest BCUT2D eigenvalue weighted by Gasteiger charge is -2.06. The number of aromatic nitrogens is 1. The highest BCUT2D eigenvalue weighted by molar-refractivity contribution is 7.91. The van der Waals surface area contributed by atoms with Gasteiger partial charge in [-0.1, -0.05) is 36.4 Å². The number of rotatable bonds is 7. The SMILES string of the molecule is COc1ccc(S(=O)(=O)CCC(=O)Nc2nc(-c3ccc4ccccc4c3)cs2)cc1. The van der Waals surface area contributed by atoms with Gasteiger partial charge in [-0.3, -0.25) is 4.79 Å². The molecule has 0 saturated carbocycles. The van der Waals surface area contributed by atoms with Crippen molar-refractivity contribution in [1.82, 2.24) is 4.98 Å². The van der Waals surface area contributed by atoms with Gasteiger partial charge >= 0.3 is 0 Å². The van der Waals surface area contributed by atoms with Crippen LogP contribution in [-0.4, -0.2) is 32.2 Å². The largest absolute Gasteiger partial charge is 0.497 e. The van der Waals surface area contributed by atoms with Gasteiger partial charge in [0.15, 0.2) is 15.0 Å². The Balaban J connectivity index is 1.39. The molecule has 8 heteroatoms. The molecule has 31 heavy (non-hydrogen) atoms. The molecule has 1 amide bonds. The number of carbonyl (C=O) groups excluding carboxylic acids is 1. The molecule has 0 saturated heterocycles. The van der Waals surface area contributed by atoms with E-state index in [1.807, 2.05) is 41.8 Å². The Hall–Kier alpha value is -3.23. The Morgan fingerprint density at radius 1 is 1.03 bits per heavy atom. The second-order valence-corrected chi connectivity index (χ2v) is 9.86. The predicted octanol–water partition coefficient (Wildman–Crippen LogP) is 4.77. The molecule has 0 radical (unpaired) electrons. The fourth-order valence-corrected chi connectivity index (χ4v) is 5.10. The average molecular weight is 453 g/mol. The number of nitrogens with one attached hydrogen (secondary N) is 1. The van der Waals surface area contributed by atoms with E-state index in [9.17, 15) is 13.2 Å². The third-order valence-corrected chi connectivity index (χ3v) is 7.30. The van der Waals surface area contributed by atoms with Crippen LogP contribution in [0.25, 0.3) is 22.0 Å². The summed E-state index contributed by atoms with van der Waals surface area (Å²) in [5.74, 6) is -0.104. The topological polar surface area (TPSA) is 85.4 Å². The van der Waals surface area contributed by atoms with Crippen molar-refractivity contribution in [3.05, 3.63) is 72.1 Å². The van der Waals surface area contributed by atoms with Crippen LogP contribution < -0.4 is 10.1 Å². The Bertz CT molecular complexity index is 1330. The maximum Gasteiger partial charge on any atom is 0.227 e. The molecule has 4 aromatic rings. The molecule has 0 fully saturated rings. The second-order valence-electron chi connectivity index (χ2n) is 6.89. The van der Waals surface area contributed by atoms with E-state index in [1.165, 1.54) is 30.6 Å². The molecule has 1 heterocycles. The molecule has 0 aliphatic rings. The third-order valence-electron chi connectivity index (χ3n) is 4.81. The van der Waals surface area contributed by atoms with Gasteiger partial charge in [-0.05, 0) is 41.1 Å². The molecular formula is C23H20N2O4S2. The number of fused-ring (bicyclic) bond motifs is 1. The van der Waals surface area contributed by atoms with Crippen LogP contribution in [0.4, 0.5) is 5.13 Å². The first-order valence-electron chi connectivity index (χ1n) is 9.56. The summed E-state index contributed by atoms with van der Waals surface area (Å²) in [4.78, 5) is 16.9. The third kappa shape index (κ3) is 4.92. The maximum absolute atomic E-state index is 12.5. The van der Waals surface area contributed by atoms with E-state index in [-0.39, 0.29) is 17.1 Å². The summed E-state index contributed by atoms with van der Waals surface area (Å²) < 4.78 is 29.9. The number of anilines is 1. The number of thiazole rings is 1. The van der Waals surface area contributed by atoms with Crippen molar-refractivity contribution in [2.24, 2.45) is 0 Å². The molecule has 6 nitrogen and oxygen atoms in total. The van der Waals surface area contributed by atoms with Gasteiger partial charge < -0.3 is 10.1 Å². The fourth-order valence-electron chi connectivity index (χ4n) is 3.12. The van der Waals surface area contributed by atoms with Crippen LogP contribution in [0.2, 0.25) is 0 Å². The molecule has 3 aromatic carbocycles. The molecule has 0 atom stereocenters. The highest BCUT2D eigenvalue weighted by atomic mass is 32.2. The zero-order chi connectivity index (χ0) is 21.8. The smallest absolute Gasteiger partial charge is 0.227 e. The van der Waals surface area contributed by atoms with Crippen LogP contribution in [0.3, 0.4) is 0 Å². The molecule has 0 bridgehead atoms. The maximum atomic E-state index is 12.5. The lowest BCUT2D eigenvalue weighted by molar-refractivity contribution is -0.115. The number of methoxy groups -OCH3 is 1. The van der Waals surface area contributed by atoms with Crippen LogP contribution in [-0.2, 0) is 14.6 Å². The summed E-state index contributed by atoms with van der Waals surface area (Å²) >= 11 is 1.31. The quantitative estimate of drug-likeness (QED) is 0.436. The van der Waals surface area contributed by atoms with Crippen molar-refractivity contribution >= 4 is 43.0 Å². The molecule has 0 aliphatic heterocycles. The van der Waals surface area contributed by atoms with Gasteiger partial charge in [0.1, 0.15) is 5.75 Å². The Morgan fingerprint density at radius 3 is 2.52 bits per heavy atom. The second kappa shape index (κ2) is 8.87. The van der Waals surface area contributed by atoms with E-state index in [0.717, 1.165) is 22.0 Å². The average Bonchev–Trinajstić information content (AvgIpc) is 3.26. The van der Waals surface area contributed by atoms with Crippen molar-refractivity contribution in [3.8, 4) is 17.0 Å². The van der Waals surface area contributed by atoms with Gasteiger partial charge in [-0.2, -0.15) is 0 Å². The fraction of sp³-hybridized carbons (Fsp3) is 0.130. The Morgan fingerprint density at radius 2 is 1.77 bits per heavy atom. The van der Waals surface area contributed by atoms with Gasteiger partial charge in [-0.25, -0.2) is 13.4 Å². The summed E-state index contributed by atoms with van der Waals surface area (Å²) in [5.41, 5.74) is 1.72. The highest BCUT2D eigenvalue weighted by Crippen LogP contribution is 2.28. The van der Waals surface area contributed by atoms with Crippen LogP contribution in [0, 0.1) is 0 Å². The van der Waals surface area contributed by atoms with Crippen LogP contribution >= 0.6 is 11.3 Å². The van der Waals surface area contributed by atoms with E-state index in [0.29, 0.717) is 10.9 Å². The van der Waals surface area contributed by atoms with E-state index in [2.05, 4.69) is 16.4 Å². The molecule has 0 spiro atoms. The summed E-state index contributed by atoms with van der Waals surface area (Å²) in [6.45, 7) is 0. The van der Waals surface area contributed by atoms with Crippen LogP contribution in [0.15, 0.2) is 77.0 Å². The number of ether oxygens (including phenoxy) is 1. The molecule has 158 valence electrons. The predicted molar refractivity (Wildman–Crippen MR) is 123 cm³/mol. The Labute approximate surface area is 184 Å². The van der Waals surface area contributed by atoms with Gasteiger partial charge in [-0.15, -0.1) is 11.3 Å². The summed E-state index contributed by atoms with van der Waals surface area (Å²) in [5, 5.41) is 7.26. The number of hydrogen-bond donors (Lipinski definition) is 1. The summed E-state index contributed by atoms with van der Waals surface area (Å²) in [6, 6.07) is 20.3. The number of amides is 1. The normalized spacial score (nSPS) is 11.4. The summed E-state index contributed by atoms with van der Waals surface area (Å²) in [6.07, 6.45) is -0.154. The number of carbonyl (C=O) groups is 1. The number of benzene rings is 3. The number of nitrogens with zero attached hydrogens (tertiary/aromatic N) is 1.